The van der Waals surface area contributed by atoms with Gasteiger partial charge in [0.15, 0.2) is 0 Å². The molecule has 0 saturated heterocycles. The number of rotatable bonds is 9. The van der Waals surface area contributed by atoms with E-state index in [9.17, 15) is 4.79 Å². The van der Waals surface area contributed by atoms with Gasteiger partial charge >= 0.3 is 0 Å². The van der Waals surface area contributed by atoms with Gasteiger partial charge in [-0.2, -0.15) is 0 Å². The van der Waals surface area contributed by atoms with E-state index >= 15 is 0 Å². The summed E-state index contributed by atoms with van der Waals surface area (Å²) in [7, 11) is 1.60. The maximum Gasteiger partial charge on any atom is 0.255 e. The van der Waals surface area contributed by atoms with E-state index in [0.717, 1.165) is 17.9 Å². The second-order valence-electron chi connectivity index (χ2n) is 4.74. The Morgan fingerprint density at radius 3 is 2.65 bits per heavy atom. The van der Waals surface area contributed by atoms with E-state index in [0.29, 0.717) is 11.3 Å². The second-order valence-corrected chi connectivity index (χ2v) is 5.62. The third kappa shape index (κ3) is 5.45. The fraction of sp³-hybridized carbons (Fsp3) is 0.562. The first-order chi connectivity index (χ1) is 9.72. The van der Waals surface area contributed by atoms with Gasteiger partial charge in [0, 0.05) is 11.4 Å². The molecule has 3 nitrogen and oxygen atoms in total. The molecule has 112 valence electrons. The highest BCUT2D eigenvalue weighted by Crippen LogP contribution is 2.25. The van der Waals surface area contributed by atoms with Gasteiger partial charge in [0.1, 0.15) is 5.75 Å². The number of ether oxygens (including phenoxy) is 1. The summed E-state index contributed by atoms with van der Waals surface area (Å²) in [6, 6.07) is 5.68. The van der Waals surface area contributed by atoms with Crippen LogP contribution in [0, 0.1) is 0 Å². The Kier molecular flexibility index (Phi) is 8.19. The Labute approximate surface area is 126 Å². The van der Waals surface area contributed by atoms with Gasteiger partial charge in [-0.1, -0.05) is 32.6 Å². The predicted molar refractivity (Wildman–Crippen MR) is 85.9 cm³/mol. The molecule has 0 heterocycles. The minimum atomic E-state index is -0.0509. The Morgan fingerprint density at radius 1 is 1.25 bits per heavy atom. The molecule has 0 radical (unpaired) electrons. The van der Waals surface area contributed by atoms with Gasteiger partial charge in [-0.25, -0.2) is 0 Å². The van der Waals surface area contributed by atoms with Gasteiger partial charge in [0.2, 0.25) is 0 Å². The fourth-order valence-corrected chi connectivity index (χ4v) is 2.44. The molecule has 0 atom stereocenters. The molecule has 1 aromatic carbocycles. The van der Waals surface area contributed by atoms with Crippen LogP contribution < -0.4 is 10.1 Å². The third-order valence-corrected chi connectivity index (χ3v) is 3.94. The standard InChI is InChI=1S/C16H25NO2S/c1-4-5-6-7-8-11-17-16(18)14-10-9-13(20-3)12-15(14)19-2/h9-10,12H,4-8,11H2,1-3H3,(H,17,18). The second kappa shape index (κ2) is 9.70. The van der Waals surface area contributed by atoms with Crippen LogP contribution in [0.1, 0.15) is 49.4 Å². The Hall–Kier alpha value is -1.16. The molecule has 0 saturated carbocycles. The lowest BCUT2D eigenvalue weighted by Crippen LogP contribution is -2.24. The van der Waals surface area contributed by atoms with Crippen molar-refractivity contribution in [2.45, 2.75) is 43.9 Å². The highest BCUT2D eigenvalue weighted by atomic mass is 32.2. The summed E-state index contributed by atoms with van der Waals surface area (Å²) in [6.07, 6.45) is 7.99. The quantitative estimate of drug-likeness (QED) is 0.550. The number of hydrogen-bond donors (Lipinski definition) is 1. The molecule has 1 N–H and O–H groups in total. The molecule has 0 aliphatic carbocycles. The Balaban J connectivity index is 2.46. The first kappa shape index (κ1) is 16.9. The maximum absolute atomic E-state index is 12.1. The smallest absolute Gasteiger partial charge is 0.255 e. The van der Waals surface area contributed by atoms with Crippen LogP contribution in [0.15, 0.2) is 23.1 Å². The molecule has 0 aliphatic rings. The lowest BCUT2D eigenvalue weighted by atomic mass is 10.1. The molecule has 0 fully saturated rings. The van der Waals surface area contributed by atoms with E-state index in [1.54, 1.807) is 18.9 Å². The normalized spacial score (nSPS) is 10.3. The molecule has 0 bridgehead atoms. The van der Waals surface area contributed by atoms with Crippen molar-refractivity contribution in [1.29, 1.82) is 0 Å². The zero-order valence-corrected chi connectivity index (χ0v) is 13.5. The molecular formula is C16H25NO2S. The van der Waals surface area contributed by atoms with Crippen LogP contribution in [-0.2, 0) is 0 Å². The van der Waals surface area contributed by atoms with Gasteiger partial charge in [-0.05, 0) is 30.9 Å². The summed E-state index contributed by atoms with van der Waals surface area (Å²) >= 11 is 1.64. The molecule has 0 spiro atoms. The molecule has 1 amide bonds. The van der Waals surface area contributed by atoms with Gasteiger partial charge in [-0.3, -0.25) is 4.79 Å². The molecule has 1 rings (SSSR count). The van der Waals surface area contributed by atoms with E-state index in [-0.39, 0.29) is 5.91 Å². The van der Waals surface area contributed by atoms with Crippen LogP contribution >= 0.6 is 11.8 Å². The fourth-order valence-electron chi connectivity index (χ4n) is 2.01. The largest absolute Gasteiger partial charge is 0.496 e. The Morgan fingerprint density at radius 2 is 2.00 bits per heavy atom. The van der Waals surface area contributed by atoms with E-state index in [1.165, 1.54) is 25.7 Å². The summed E-state index contributed by atoms with van der Waals surface area (Å²) < 4.78 is 5.29. The molecular weight excluding hydrogens is 270 g/mol. The van der Waals surface area contributed by atoms with Crippen molar-refractivity contribution >= 4 is 17.7 Å². The zero-order valence-electron chi connectivity index (χ0n) is 12.7. The van der Waals surface area contributed by atoms with E-state index in [4.69, 9.17) is 4.74 Å². The summed E-state index contributed by atoms with van der Waals surface area (Å²) in [5.41, 5.74) is 0.610. The first-order valence-corrected chi connectivity index (χ1v) is 8.45. The average molecular weight is 295 g/mol. The number of methoxy groups -OCH3 is 1. The summed E-state index contributed by atoms with van der Waals surface area (Å²) in [5.74, 6) is 0.588. The van der Waals surface area contributed by atoms with Crippen molar-refractivity contribution in [3.05, 3.63) is 23.8 Å². The minimum Gasteiger partial charge on any atom is -0.496 e. The van der Waals surface area contributed by atoms with Crippen LogP contribution in [0.5, 0.6) is 5.75 Å². The molecule has 0 aromatic heterocycles. The molecule has 1 aromatic rings. The number of nitrogens with one attached hydrogen (secondary N) is 1. The van der Waals surface area contributed by atoms with E-state index in [2.05, 4.69) is 12.2 Å². The zero-order chi connectivity index (χ0) is 14.8. The van der Waals surface area contributed by atoms with E-state index in [1.807, 2.05) is 24.5 Å². The molecule has 0 unspecified atom stereocenters. The third-order valence-electron chi connectivity index (χ3n) is 3.22. The number of benzene rings is 1. The van der Waals surface area contributed by atoms with Crippen molar-refractivity contribution in [3.8, 4) is 5.75 Å². The minimum absolute atomic E-state index is 0.0509. The predicted octanol–water partition coefficient (Wildman–Crippen LogP) is 4.12. The Bertz CT molecular complexity index is 421. The monoisotopic (exact) mass is 295 g/mol. The summed E-state index contributed by atoms with van der Waals surface area (Å²) in [4.78, 5) is 13.2. The van der Waals surface area contributed by atoms with Gasteiger partial charge in [-0.15, -0.1) is 11.8 Å². The van der Waals surface area contributed by atoms with Gasteiger partial charge in [0.05, 0.1) is 12.7 Å². The van der Waals surface area contributed by atoms with E-state index < -0.39 is 0 Å². The van der Waals surface area contributed by atoms with Gasteiger partial charge < -0.3 is 10.1 Å². The summed E-state index contributed by atoms with van der Waals surface area (Å²) in [6.45, 7) is 2.93. The highest BCUT2D eigenvalue weighted by molar-refractivity contribution is 7.98. The lowest BCUT2D eigenvalue weighted by molar-refractivity contribution is 0.0950. The van der Waals surface area contributed by atoms with Crippen LogP contribution in [0.2, 0.25) is 0 Å². The lowest BCUT2D eigenvalue weighted by Gasteiger charge is -2.10. The van der Waals surface area contributed by atoms with Crippen molar-refractivity contribution in [2.24, 2.45) is 0 Å². The topological polar surface area (TPSA) is 38.3 Å². The van der Waals surface area contributed by atoms with Crippen molar-refractivity contribution < 1.29 is 9.53 Å². The number of unbranched alkanes of at least 4 members (excludes halogenated alkanes) is 4. The number of amides is 1. The van der Waals surface area contributed by atoms with Crippen molar-refractivity contribution in [1.82, 2.24) is 5.32 Å². The number of hydrogen-bond acceptors (Lipinski definition) is 3. The number of thioether (sulfide) groups is 1. The summed E-state index contributed by atoms with van der Waals surface area (Å²) in [5, 5.41) is 2.96. The molecule has 0 aliphatic heterocycles. The molecule has 4 heteroatoms. The van der Waals surface area contributed by atoms with Crippen molar-refractivity contribution in [3.63, 3.8) is 0 Å². The molecule has 20 heavy (non-hydrogen) atoms. The maximum atomic E-state index is 12.1. The van der Waals surface area contributed by atoms with Crippen LogP contribution in [0.25, 0.3) is 0 Å². The first-order valence-electron chi connectivity index (χ1n) is 7.23. The average Bonchev–Trinajstić information content (AvgIpc) is 2.49. The van der Waals surface area contributed by atoms with Gasteiger partial charge in [0.25, 0.3) is 5.91 Å². The number of carbonyl (C=O) groups excluding carboxylic acids is 1. The van der Waals surface area contributed by atoms with Crippen LogP contribution in [-0.4, -0.2) is 25.8 Å². The van der Waals surface area contributed by atoms with Crippen LogP contribution in [0.3, 0.4) is 0 Å². The van der Waals surface area contributed by atoms with Crippen molar-refractivity contribution in [2.75, 3.05) is 19.9 Å². The number of carbonyl (C=O) groups is 1. The SMILES string of the molecule is CCCCCCCNC(=O)c1ccc(SC)cc1OC. The highest BCUT2D eigenvalue weighted by Gasteiger charge is 2.12. The van der Waals surface area contributed by atoms with Crippen LogP contribution in [0.4, 0.5) is 0 Å².